The lowest BCUT2D eigenvalue weighted by molar-refractivity contribution is 0.0919. The number of rotatable bonds is 5. The van der Waals surface area contributed by atoms with Gasteiger partial charge in [0, 0.05) is 23.7 Å². The van der Waals surface area contributed by atoms with Crippen LogP contribution in [0.25, 0.3) is 0 Å². The number of hydrogen-bond acceptors (Lipinski definition) is 4. The summed E-state index contributed by atoms with van der Waals surface area (Å²) in [4.78, 5) is 12.5. The van der Waals surface area contributed by atoms with E-state index in [-0.39, 0.29) is 28.9 Å². The van der Waals surface area contributed by atoms with Crippen molar-refractivity contribution in [2.24, 2.45) is 0 Å². The molecule has 0 spiro atoms. The average molecular weight is 339 g/mol. The Morgan fingerprint density at radius 2 is 2.09 bits per heavy atom. The van der Waals surface area contributed by atoms with Crippen LogP contribution in [0.3, 0.4) is 0 Å². The zero-order valence-electron chi connectivity index (χ0n) is 13.8. The molecule has 1 aromatic rings. The van der Waals surface area contributed by atoms with Gasteiger partial charge in [0.1, 0.15) is 0 Å². The molecule has 1 heterocycles. The predicted octanol–water partition coefficient (Wildman–Crippen LogP) is 1.24. The number of amides is 1. The lowest BCUT2D eigenvalue weighted by Crippen LogP contribution is -2.51. The second kappa shape index (κ2) is 7.42. The summed E-state index contributed by atoms with van der Waals surface area (Å²) in [5.74, 6) is -0.243. The normalized spacial score (nSPS) is 22.1. The van der Waals surface area contributed by atoms with Gasteiger partial charge in [-0.15, -0.1) is 0 Å². The Kier molecular flexibility index (Phi) is 5.78. The van der Waals surface area contributed by atoms with Crippen molar-refractivity contribution in [2.45, 2.75) is 56.6 Å². The number of hydrogen-bond donors (Lipinski definition) is 3. The van der Waals surface area contributed by atoms with E-state index in [2.05, 4.69) is 15.4 Å². The van der Waals surface area contributed by atoms with Crippen LogP contribution in [0.15, 0.2) is 29.2 Å². The van der Waals surface area contributed by atoms with Crippen molar-refractivity contribution in [3.63, 3.8) is 0 Å². The Hall–Kier alpha value is -1.44. The molecule has 7 heteroatoms. The van der Waals surface area contributed by atoms with Crippen molar-refractivity contribution in [3.05, 3.63) is 29.8 Å². The summed E-state index contributed by atoms with van der Waals surface area (Å²) in [5.41, 5.74) is 0.356. The van der Waals surface area contributed by atoms with E-state index < -0.39 is 10.0 Å². The fourth-order valence-corrected chi connectivity index (χ4v) is 3.97. The van der Waals surface area contributed by atoms with Gasteiger partial charge in [0.2, 0.25) is 10.0 Å². The molecule has 0 aliphatic carbocycles. The fraction of sp³-hybridized carbons (Fsp3) is 0.562. The standard InChI is InChI=1S/C16H25N3O3S/c1-11(2)19-23(21,22)14-7-4-6-13(10-14)16(20)18-15-8-5-9-17-12(15)3/h4,6-7,10-12,15,17,19H,5,8-9H2,1-3H3,(H,18,20). The van der Waals surface area contributed by atoms with Crippen LogP contribution >= 0.6 is 0 Å². The summed E-state index contributed by atoms with van der Waals surface area (Å²) in [6.45, 7) is 6.51. The van der Waals surface area contributed by atoms with Crippen LogP contribution in [0.2, 0.25) is 0 Å². The third kappa shape index (κ3) is 4.76. The molecule has 6 nitrogen and oxygen atoms in total. The third-order valence-electron chi connectivity index (χ3n) is 3.88. The van der Waals surface area contributed by atoms with E-state index in [9.17, 15) is 13.2 Å². The largest absolute Gasteiger partial charge is 0.348 e. The highest BCUT2D eigenvalue weighted by Gasteiger charge is 2.23. The summed E-state index contributed by atoms with van der Waals surface area (Å²) in [7, 11) is -3.60. The van der Waals surface area contributed by atoms with Crippen molar-refractivity contribution >= 4 is 15.9 Å². The molecule has 0 bridgehead atoms. The van der Waals surface area contributed by atoms with Gasteiger partial charge in [-0.05, 0) is 58.4 Å². The highest BCUT2D eigenvalue weighted by molar-refractivity contribution is 7.89. The highest BCUT2D eigenvalue weighted by atomic mass is 32.2. The summed E-state index contributed by atoms with van der Waals surface area (Å²) in [6, 6.07) is 6.20. The zero-order chi connectivity index (χ0) is 17.0. The van der Waals surface area contributed by atoms with Gasteiger partial charge in [0.25, 0.3) is 5.91 Å². The third-order valence-corrected chi connectivity index (χ3v) is 5.53. The van der Waals surface area contributed by atoms with Crippen molar-refractivity contribution in [2.75, 3.05) is 6.54 Å². The van der Waals surface area contributed by atoms with Gasteiger partial charge in [-0.3, -0.25) is 4.79 Å². The smallest absolute Gasteiger partial charge is 0.251 e. The Bertz CT molecular complexity index is 658. The zero-order valence-corrected chi connectivity index (χ0v) is 14.6. The fourth-order valence-electron chi connectivity index (χ4n) is 2.68. The summed E-state index contributed by atoms with van der Waals surface area (Å²) >= 11 is 0. The van der Waals surface area contributed by atoms with Crippen LogP contribution in [0.5, 0.6) is 0 Å². The van der Waals surface area contributed by atoms with Crippen LogP contribution < -0.4 is 15.4 Å². The number of sulfonamides is 1. The maximum absolute atomic E-state index is 12.4. The number of nitrogens with one attached hydrogen (secondary N) is 3. The van der Waals surface area contributed by atoms with Crippen molar-refractivity contribution in [3.8, 4) is 0 Å². The topological polar surface area (TPSA) is 87.3 Å². The van der Waals surface area contributed by atoms with Crippen molar-refractivity contribution < 1.29 is 13.2 Å². The average Bonchev–Trinajstić information content (AvgIpc) is 2.48. The van der Waals surface area contributed by atoms with E-state index in [1.807, 2.05) is 6.92 Å². The second-order valence-electron chi connectivity index (χ2n) is 6.27. The van der Waals surface area contributed by atoms with Gasteiger partial charge in [-0.1, -0.05) is 6.07 Å². The quantitative estimate of drug-likeness (QED) is 0.753. The first-order valence-corrected chi connectivity index (χ1v) is 9.44. The first-order valence-electron chi connectivity index (χ1n) is 7.96. The minimum atomic E-state index is -3.60. The maximum Gasteiger partial charge on any atom is 0.251 e. The molecule has 23 heavy (non-hydrogen) atoms. The number of carbonyl (C=O) groups excluding carboxylic acids is 1. The Balaban J connectivity index is 2.14. The van der Waals surface area contributed by atoms with E-state index in [1.165, 1.54) is 12.1 Å². The predicted molar refractivity (Wildman–Crippen MR) is 89.9 cm³/mol. The molecule has 1 aliphatic rings. The van der Waals surface area contributed by atoms with Gasteiger partial charge in [0.05, 0.1) is 4.90 Å². The van der Waals surface area contributed by atoms with Crippen molar-refractivity contribution in [1.29, 1.82) is 0 Å². The lowest BCUT2D eigenvalue weighted by Gasteiger charge is -2.30. The molecule has 0 saturated carbocycles. The first-order chi connectivity index (χ1) is 10.8. The summed E-state index contributed by atoms with van der Waals surface area (Å²) in [5, 5.41) is 6.31. The molecule has 0 radical (unpaired) electrons. The molecule has 3 N–H and O–H groups in total. The maximum atomic E-state index is 12.4. The van der Waals surface area contributed by atoms with E-state index in [1.54, 1.807) is 26.0 Å². The summed E-state index contributed by atoms with van der Waals surface area (Å²) < 4.78 is 26.9. The van der Waals surface area contributed by atoms with Crippen LogP contribution in [-0.4, -0.2) is 39.0 Å². The van der Waals surface area contributed by atoms with Crippen LogP contribution in [0, 0.1) is 0 Å². The minimum Gasteiger partial charge on any atom is -0.348 e. The van der Waals surface area contributed by atoms with E-state index in [4.69, 9.17) is 0 Å². The van der Waals surface area contributed by atoms with E-state index >= 15 is 0 Å². The molecule has 2 rings (SSSR count). The molecule has 128 valence electrons. The molecular weight excluding hydrogens is 314 g/mol. The number of benzene rings is 1. The van der Waals surface area contributed by atoms with Crippen LogP contribution in [0.1, 0.15) is 44.0 Å². The van der Waals surface area contributed by atoms with Gasteiger partial charge in [-0.2, -0.15) is 0 Å². The molecule has 1 fully saturated rings. The molecule has 1 aliphatic heterocycles. The molecular formula is C16H25N3O3S. The van der Waals surface area contributed by atoms with E-state index in [0.717, 1.165) is 19.4 Å². The minimum absolute atomic E-state index is 0.0605. The molecule has 1 aromatic carbocycles. The molecule has 1 amide bonds. The van der Waals surface area contributed by atoms with Gasteiger partial charge >= 0.3 is 0 Å². The van der Waals surface area contributed by atoms with Crippen LogP contribution in [-0.2, 0) is 10.0 Å². The Morgan fingerprint density at radius 1 is 1.35 bits per heavy atom. The molecule has 0 aromatic heterocycles. The van der Waals surface area contributed by atoms with Gasteiger partial charge in [-0.25, -0.2) is 13.1 Å². The first kappa shape index (κ1) is 17.9. The second-order valence-corrected chi connectivity index (χ2v) is 7.98. The molecule has 2 atom stereocenters. The summed E-state index contributed by atoms with van der Waals surface area (Å²) in [6.07, 6.45) is 1.94. The Labute approximate surface area is 138 Å². The SMILES string of the molecule is CC(C)NS(=O)(=O)c1cccc(C(=O)NC2CCCNC2C)c1. The molecule has 2 unspecified atom stereocenters. The highest BCUT2D eigenvalue weighted by Crippen LogP contribution is 2.14. The van der Waals surface area contributed by atoms with E-state index in [0.29, 0.717) is 5.56 Å². The van der Waals surface area contributed by atoms with Gasteiger partial charge < -0.3 is 10.6 Å². The lowest BCUT2D eigenvalue weighted by atomic mass is 9.99. The van der Waals surface area contributed by atoms with Crippen molar-refractivity contribution in [1.82, 2.24) is 15.4 Å². The number of piperidine rings is 1. The van der Waals surface area contributed by atoms with Crippen LogP contribution in [0.4, 0.5) is 0 Å². The Morgan fingerprint density at radius 3 is 2.74 bits per heavy atom. The van der Waals surface area contributed by atoms with Gasteiger partial charge in [0.15, 0.2) is 0 Å². The molecule has 1 saturated heterocycles. The number of carbonyl (C=O) groups is 1. The monoisotopic (exact) mass is 339 g/mol.